The number of rotatable bonds is 6. The van der Waals surface area contributed by atoms with Crippen LogP contribution in [0, 0.1) is 0 Å². The van der Waals surface area contributed by atoms with E-state index in [4.69, 9.17) is 4.42 Å². The molecule has 0 fully saturated rings. The predicted molar refractivity (Wildman–Crippen MR) is 113 cm³/mol. The SMILES string of the molecule is CCCCn1c(=O)c2ccccc2n2c(SCc3nc4ccccc4o3)nnc12. The molecule has 0 amide bonds. The van der Waals surface area contributed by atoms with Gasteiger partial charge in [0.25, 0.3) is 5.56 Å². The third-order valence-electron chi connectivity index (χ3n) is 4.88. The topological polar surface area (TPSA) is 78.2 Å². The van der Waals surface area contributed by atoms with Crippen molar-refractivity contribution in [3.05, 3.63) is 64.8 Å². The van der Waals surface area contributed by atoms with Gasteiger partial charge in [-0.15, -0.1) is 10.2 Å². The Bertz CT molecular complexity index is 1350. The van der Waals surface area contributed by atoms with Crippen LogP contribution in [0.5, 0.6) is 0 Å². The molecule has 0 saturated carbocycles. The van der Waals surface area contributed by atoms with Crippen LogP contribution in [0.25, 0.3) is 27.8 Å². The van der Waals surface area contributed by atoms with Crippen molar-refractivity contribution in [1.82, 2.24) is 24.1 Å². The summed E-state index contributed by atoms with van der Waals surface area (Å²) in [5, 5.41) is 10.1. The zero-order valence-corrected chi connectivity index (χ0v) is 16.7. The molecule has 3 aromatic heterocycles. The van der Waals surface area contributed by atoms with Gasteiger partial charge in [0.05, 0.1) is 16.7 Å². The molecule has 0 aliphatic rings. The lowest BCUT2D eigenvalue weighted by Gasteiger charge is -2.10. The normalized spacial score (nSPS) is 11.8. The largest absolute Gasteiger partial charge is 0.440 e. The molecule has 0 spiro atoms. The van der Waals surface area contributed by atoms with Gasteiger partial charge in [-0.3, -0.25) is 13.8 Å². The number of thioether (sulfide) groups is 1. The number of nitrogens with zero attached hydrogens (tertiary/aromatic N) is 5. The molecule has 2 aromatic carbocycles. The number of fused-ring (bicyclic) bond motifs is 4. The molecule has 0 aliphatic heterocycles. The van der Waals surface area contributed by atoms with E-state index in [1.54, 1.807) is 4.57 Å². The molecule has 0 radical (unpaired) electrons. The summed E-state index contributed by atoms with van der Waals surface area (Å²) in [7, 11) is 0. The number of aromatic nitrogens is 5. The molecule has 0 unspecified atom stereocenters. The van der Waals surface area contributed by atoms with Crippen LogP contribution in [0.4, 0.5) is 0 Å². The number of hydrogen-bond donors (Lipinski definition) is 0. The summed E-state index contributed by atoms with van der Waals surface area (Å²) in [5.41, 5.74) is 2.40. The van der Waals surface area contributed by atoms with Crippen LogP contribution in [0.2, 0.25) is 0 Å². The van der Waals surface area contributed by atoms with Gasteiger partial charge in [0, 0.05) is 6.54 Å². The van der Waals surface area contributed by atoms with Crippen LogP contribution in [0.3, 0.4) is 0 Å². The van der Waals surface area contributed by atoms with Gasteiger partial charge in [-0.2, -0.15) is 0 Å². The van der Waals surface area contributed by atoms with Crippen molar-refractivity contribution in [1.29, 1.82) is 0 Å². The molecule has 29 heavy (non-hydrogen) atoms. The Labute approximate surface area is 170 Å². The molecule has 3 heterocycles. The average molecular weight is 405 g/mol. The summed E-state index contributed by atoms with van der Waals surface area (Å²) >= 11 is 1.50. The number of hydrogen-bond acceptors (Lipinski definition) is 6. The van der Waals surface area contributed by atoms with Gasteiger partial charge in [-0.05, 0) is 30.7 Å². The Morgan fingerprint density at radius 2 is 1.90 bits per heavy atom. The second kappa shape index (κ2) is 7.36. The summed E-state index contributed by atoms with van der Waals surface area (Å²) in [6.07, 6.45) is 1.91. The minimum Gasteiger partial charge on any atom is -0.440 e. The molecule has 5 rings (SSSR count). The van der Waals surface area contributed by atoms with E-state index in [1.165, 1.54) is 11.8 Å². The van der Waals surface area contributed by atoms with E-state index in [0.29, 0.717) is 34.5 Å². The van der Waals surface area contributed by atoms with E-state index in [0.717, 1.165) is 29.5 Å². The Hall–Kier alpha value is -3.13. The summed E-state index contributed by atoms with van der Waals surface area (Å²) in [6.45, 7) is 2.73. The van der Waals surface area contributed by atoms with Crippen molar-refractivity contribution >= 4 is 39.5 Å². The molecule has 0 N–H and O–H groups in total. The zero-order valence-electron chi connectivity index (χ0n) is 15.9. The highest BCUT2D eigenvalue weighted by molar-refractivity contribution is 7.98. The second-order valence-corrected chi connectivity index (χ2v) is 7.75. The van der Waals surface area contributed by atoms with E-state index in [9.17, 15) is 4.79 Å². The zero-order chi connectivity index (χ0) is 19.8. The molecule has 5 aromatic rings. The Morgan fingerprint density at radius 1 is 1.07 bits per heavy atom. The van der Waals surface area contributed by atoms with Crippen LogP contribution >= 0.6 is 11.8 Å². The van der Waals surface area contributed by atoms with Gasteiger partial charge in [0.2, 0.25) is 11.7 Å². The number of para-hydroxylation sites is 3. The minimum atomic E-state index is -0.0237. The third kappa shape index (κ3) is 3.09. The smallest absolute Gasteiger partial charge is 0.262 e. The van der Waals surface area contributed by atoms with E-state index >= 15 is 0 Å². The number of unbranched alkanes of at least 4 members (excludes halogenated alkanes) is 1. The highest BCUT2D eigenvalue weighted by atomic mass is 32.2. The van der Waals surface area contributed by atoms with Crippen LogP contribution < -0.4 is 5.56 Å². The van der Waals surface area contributed by atoms with Gasteiger partial charge >= 0.3 is 0 Å². The maximum absolute atomic E-state index is 13.0. The molecule has 146 valence electrons. The van der Waals surface area contributed by atoms with Gasteiger partial charge in [-0.1, -0.05) is 49.4 Å². The summed E-state index contributed by atoms with van der Waals surface area (Å²) < 4.78 is 9.50. The van der Waals surface area contributed by atoms with E-state index in [-0.39, 0.29) is 5.56 Å². The number of oxazole rings is 1. The standard InChI is InChI=1S/C21H19N5O2S/c1-2-3-12-25-19(27)14-8-4-6-10-16(14)26-20(25)23-24-21(26)29-13-18-22-15-9-5-7-11-17(15)28-18/h4-11H,2-3,12-13H2,1H3. The Morgan fingerprint density at radius 3 is 2.76 bits per heavy atom. The van der Waals surface area contributed by atoms with Crippen molar-refractivity contribution < 1.29 is 4.42 Å². The van der Waals surface area contributed by atoms with Crippen molar-refractivity contribution in [2.75, 3.05) is 0 Å². The molecule has 0 saturated heterocycles. The Balaban J connectivity index is 1.59. The molecule has 0 bridgehead atoms. The molecule has 0 aliphatic carbocycles. The lowest BCUT2D eigenvalue weighted by molar-refractivity contribution is 0.556. The van der Waals surface area contributed by atoms with Gasteiger partial charge < -0.3 is 4.42 Å². The van der Waals surface area contributed by atoms with Gasteiger partial charge in [0.1, 0.15) is 5.52 Å². The monoisotopic (exact) mass is 405 g/mol. The van der Waals surface area contributed by atoms with Crippen LogP contribution in [0.15, 0.2) is 62.9 Å². The first kappa shape index (κ1) is 17.9. The maximum atomic E-state index is 13.0. The van der Waals surface area contributed by atoms with Crippen LogP contribution in [0.1, 0.15) is 25.7 Å². The first-order valence-corrected chi connectivity index (χ1v) is 10.6. The molecule has 7 nitrogen and oxygen atoms in total. The first-order valence-electron chi connectivity index (χ1n) is 9.60. The van der Waals surface area contributed by atoms with Gasteiger partial charge in [-0.25, -0.2) is 4.98 Å². The fourth-order valence-electron chi connectivity index (χ4n) is 3.45. The number of aryl methyl sites for hydroxylation is 1. The lowest BCUT2D eigenvalue weighted by Crippen LogP contribution is -2.23. The van der Waals surface area contributed by atoms with Crippen molar-refractivity contribution in [2.24, 2.45) is 0 Å². The molecule has 0 atom stereocenters. The minimum absolute atomic E-state index is 0.0237. The van der Waals surface area contributed by atoms with E-state index in [1.807, 2.05) is 52.9 Å². The van der Waals surface area contributed by atoms with Crippen molar-refractivity contribution in [3.8, 4) is 0 Å². The fourth-order valence-corrected chi connectivity index (χ4v) is 4.24. The summed E-state index contributed by atoms with van der Waals surface area (Å²) in [6, 6.07) is 15.3. The quantitative estimate of drug-likeness (QED) is 0.393. The van der Waals surface area contributed by atoms with Crippen molar-refractivity contribution in [3.63, 3.8) is 0 Å². The second-order valence-electron chi connectivity index (χ2n) is 6.81. The van der Waals surface area contributed by atoms with Crippen molar-refractivity contribution in [2.45, 2.75) is 37.2 Å². The van der Waals surface area contributed by atoms with E-state index in [2.05, 4.69) is 22.1 Å². The van der Waals surface area contributed by atoms with E-state index < -0.39 is 0 Å². The first-order chi connectivity index (χ1) is 14.3. The lowest BCUT2D eigenvalue weighted by atomic mass is 10.2. The van der Waals surface area contributed by atoms with Crippen LogP contribution in [-0.4, -0.2) is 24.1 Å². The summed E-state index contributed by atoms with van der Waals surface area (Å²) in [5.74, 6) is 1.73. The Kier molecular flexibility index (Phi) is 4.55. The molecular weight excluding hydrogens is 386 g/mol. The highest BCUT2D eigenvalue weighted by Crippen LogP contribution is 2.26. The maximum Gasteiger partial charge on any atom is 0.262 e. The third-order valence-corrected chi connectivity index (χ3v) is 5.79. The highest BCUT2D eigenvalue weighted by Gasteiger charge is 2.17. The molecular formula is C21H19N5O2S. The molecule has 8 heteroatoms. The van der Waals surface area contributed by atoms with Gasteiger partial charge in [0.15, 0.2) is 10.7 Å². The summed E-state index contributed by atoms with van der Waals surface area (Å²) in [4.78, 5) is 17.5. The fraction of sp³-hybridized carbons (Fsp3) is 0.238. The van der Waals surface area contributed by atoms with Crippen LogP contribution in [-0.2, 0) is 12.3 Å². The number of benzene rings is 2. The predicted octanol–water partition coefficient (Wildman–Crippen LogP) is 4.28. The average Bonchev–Trinajstić information content (AvgIpc) is 3.36.